The second-order valence-electron chi connectivity index (χ2n) is 3.67. The summed E-state index contributed by atoms with van der Waals surface area (Å²) >= 11 is 1.23. The van der Waals surface area contributed by atoms with E-state index in [-0.39, 0.29) is 25.3 Å². The normalized spacial score (nSPS) is 10.2. The lowest BCUT2D eigenvalue weighted by Gasteiger charge is -2.04. The molecule has 1 aromatic carbocycles. The number of carboxylic acid groups (broad SMARTS) is 1. The van der Waals surface area contributed by atoms with Crippen molar-refractivity contribution in [3.63, 3.8) is 0 Å². The van der Waals surface area contributed by atoms with Crippen molar-refractivity contribution in [1.29, 1.82) is 0 Å². The second-order valence-corrected chi connectivity index (χ2v) is 4.84. The third-order valence-corrected chi connectivity index (χ3v) is 3.15. The molecule has 0 aliphatic heterocycles. The van der Waals surface area contributed by atoms with Crippen LogP contribution in [0, 0.1) is 11.6 Å². The highest BCUT2D eigenvalue weighted by Crippen LogP contribution is 2.20. The average molecular weight is 289 g/mol. The molecule has 0 aliphatic rings. The summed E-state index contributed by atoms with van der Waals surface area (Å²) in [5.74, 6) is -2.66. The van der Waals surface area contributed by atoms with E-state index in [2.05, 4.69) is 5.32 Å². The summed E-state index contributed by atoms with van der Waals surface area (Å²) in [5, 5.41) is 10.8. The van der Waals surface area contributed by atoms with E-state index in [9.17, 15) is 18.4 Å². The van der Waals surface area contributed by atoms with Crippen LogP contribution in [0.25, 0.3) is 0 Å². The highest BCUT2D eigenvalue weighted by atomic mass is 32.2. The van der Waals surface area contributed by atoms with Crippen molar-refractivity contribution in [2.45, 2.75) is 17.7 Å². The lowest BCUT2D eigenvalue weighted by Crippen LogP contribution is -2.26. The zero-order chi connectivity index (χ0) is 14.3. The second kappa shape index (κ2) is 7.73. The average Bonchev–Trinajstić information content (AvgIpc) is 2.33. The molecule has 4 nitrogen and oxygen atoms in total. The maximum absolute atomic E-state index is 12.9. The first kappa shape index (κ1) is 15.4. The number of carbonyl (C=O) groups is 2. The Morgan fingerprint density at radius 1 is 1.21 bits per heavy atom. The van der Waals surface area contributed by atoms with Crippen molar-refractivity contribution in [2.24, 2.45) is 0 Å². The van der Waals surface area contributed by atoms with Gasteiger partial charge >= 0.3 is 5.97 Å². The van der Waals surface area contributed by atoms with Gasteiger partial charge in [0.25, 0.3) is 0 Å². The molecule has 0 atom stereocenters. The van der Waals surface area contributed by atoms with E-state index in [1.807, 2.05) is 0 Å². The van der Waals surface area contributed by atoms with Gasteiger partial charge in [0, 0.05) is 23.6 Å². The maximum atomic E-state index is 12.9. The third-order valence-electron chi connectivity index (χ3n) is 2.15. The Morgan fingerprint density at radius 3 is 2.58 bits per heavy atom. The Morgan fingerprint density at radius 2 is 1.95 bits per heavy atom. The molecule has 0 aromatic heterocycles. The summed E-state index contributed by atoms with van der Waals surface area (Å²) in [6.07, 6.45) is 0.0609. The van der Waals surface area contributed by atoms with Crippen LogP contribution in [-0.2, 0) is 9.59 Å². The van der Waals surface area contributed by atoms with Crippen LogP contribution in [0.3, 0.4) is 0 Å². The van der Waals surface area contributed by atoms with Crippen LogP contribution in [0.2, 0.25) is 0 Å². The molecule has 104 valence electrons. The van der Waals surface area contributed by atoms with Crippen molar-refractivity contribution in [2.75, 3.05) is 12.3 Å². The van der Waals surface area contributed by atoms with E-state index in [0.717, 1.165) is 12.1 Å². The molecule has 0 spiro atoms. The Bertz CT molecular complexity index is 468. The van der Waals surface area contributed by atoms with Crippen LogP contribution in [0.1, 0.15) is 12.8 Å². The summed E-state index contributed by atoms with van der Waals surface area (Å²) in [5.41, 5.74) is 0. The van der Waals surface area contributed by atoms with Crippen LogP contribution >= 0.6 is 11.8 Å². The molecule has 0 aliphatic carbocycles. The topological polar surface area (TPSA) is 66.4 Å². The number of hydrogen-bond acceptors (Lipinski definition) is 3. The lowest BCUT2D eigenvalue weighted by atomic mass is 10.3. The van der Waals surface area contributed by atoms with Crippen LogP contribution in [0.5, 0.6) is 0 Å². The van der Waals surface area contributed by atoms with Gasteiger partial charge in [-0.1, -0.05) is 0 Å². The van der Waals surface area contributed by atoms with E-state index >= 15 is 0 Å². The Hall–Kier alpha value is -1.63. The van der Waals surface area contributed by atoms with Crippen molar-refractivity contribution < 1.29 is 23.5 Å². The molecule has 0 heterocycles. The first-order valence-corrected chi connectivity index (χ1v) is 6.54. The molecule has 1 rings (SSSR count). The minimum atomic E-state index is -0.975. The van der Waals surface area contributed by atoms with E-state index in [1.54, 1.807) is 0 Å². The number of aliphatic carboxylic acids is 1. The highest BCUT2D eigenvalue weighted by molar-refractivity contribution is 7.99. The Balaban J connectivity index is 2.24. The Kier molecular flexibility index (Phi) is 6.27. The predicted octanol–water partition coefficient (Wildman–Crippen LogP) is 2.04. The van der Waals surface area contributed by atoms with Crippen LogP contribution in [-0.4, -0.2) is 29.3 Å². The quantitative estimate of drug-likeness (QED) is 0.754. The monoisotopic (exact) mass is 289 g/mol. The molecule has 19 heavy (non-hydrogen) atoms. The van der Waals surface area contributed by atoms with Gasteiger partial charge in [0.1, 0.15) is 0 Å². The van der Waals surface area contributed by atoms with Gasteiger partial charge in [-0.15, -0.1) is 11.8 Å². The number of halogens is 2. The lowest BCUT2D eigenvalue weighted by molar-refractivity contribution is -0.136. The number of carboxylic acids is 1. The van der Waals surface area contributed by atoms with Crippen molar-refractivity contribution in [3.8, 4) is 0 Å². The first-order valence-electron chi connectivity index (χ1n) is 5.55. The summed E-state index contributed by atoms with van der Waals surface area (Å²) in [7, 11) is 0. The highest BCUT2D eigenvalue weighted by Gasteiger charge is 2.05. The van der Waals surface area contributed by atoms with Gasteiger partial charge in [-0.05, 0) is 18.2 Å². The number of benzene rings is 1. The summed E-state index contributed by atoms with van der Waals surface area (Å²) in [6.45, 7) is 0.0873. The van der Waals surface area contributed by atoms with Crippen LogP contribution in [0.4, 0.5) is 8.78 Å². The predicted molar refractivity (Wildman–Crippen MR) is 67.0 cm³/mol. The fraction of sp³-hybridized carbons (Fsp3) is 0.333. The molecule has 2 N–H and O–H groups in total. The number of carbonyl (C=O) groups excluding carboxylic acids is 1. The number of rotatable bonds is 7. The van der Waals surface area contributed by atoms with E-state index in [0.29, 0.717) is 10.6 Å². The van der Waals surface area contributed by atoms with Gasteiger partial charge in [0.2, 0.25) is 5.91 Å². The molecule has 0 fully saturated rings. The van der Waals surface area contributed by atoms with Crippen LogP contribution < -0.4 is 5.32 Å². The molecule has 1 amide bonds. The molecule has 0 saturated heterocycles. The fourth-order valence-electron chi connectivity index (χ4n) is 1.23. The minimum absolute atomic E-state index is 0.0873. The van der Waals surface area contributed by atoms with E-state index in [1.165, 1.54) is 17.8 Å². The van der Waals surface area contributed by atoms with Gasteiger partial charge in [0.15, 0.2) is 11.6 Å². The van der Waals surface area contributed by atoms with Gasteiger partial charge in [-0.25, -0.2) is 8.78 Å². The molecule has 0 unspecified atom stereocenters. The summed E-state index contributed by atoms with van der Waals surface area (Å²) in [6, 6.07) is 3.54. The molecule has 0 radical (unpaired) electrons. The molecule has 1 aromatic rings. The van der Waals surface area contributed by atoms with Crippen molar-refractivity contribution in [1.82, 2.24) is 5.32 Å². The zero-order valence-corrected chi connectivity index (χ0v) is 10.8. The van der Waals surface area contributed by atoms with E-state index < -0.39 is 17.6 Å². The minimum Gasteiger partial charge on any atom is -0.481 e. The first-order chi connectivity index (χ1) is 8.99. The third kappa shape index (κ3) is 6.19. The maximum Gasteiger partial charge on any atom is 0.305 e. The van der Waals surface area contributed by atoms with Crippen LogP contribution in [0.15, 0.2) is 23.1 Å². The molecular formula is C12H13F2NO3S. The molecular weight excluding hydrogens is 276 g/mol. The number of amides is 1. The molecule has 0 saturated carbocycles. The largest absolute Gasteiger partial charge is 0.481 e. The van der Waals surface area contributed by atoms with Gasteiger partial charge in [-0.2, -0.15) is 0 Å². The van der Waals surface area contributed by atoms with Crippen molar-refractivity contribution in [3.05, 3.63) is 29.8 Å². The van der Waals surface area contributed by atoms with Crippen molar-refractivity contribution >= 4 is 23.6 Å². The number of nitrogens with one attached hydrogen (secondary N) is 1. The zero-order valence-electron chi connectivity index (χ0n) is 9.99. The smallest absolute Gasteiger partial charge is 0.305 e. The number of hydrogen-bond donors (Lipinski definition) is 2. The van der Waals surface area contributed by atoms with Gasteiger partial charge in [-0.3, -0.25) is 9.59 Å². The summed E-state index contributed by atoms with van der Waals surface area (Å²) in [4.78, 5) is 22.0. The molecule has 0 bridgehead atoms. The standard InChI is InChI=1S/C12H13F2NO3S/c13-9-2-1-8(7-10(9)14)19-6-4-11(16)15-5-3-12(17)18/h1-2,7H,3-6H2,(H,15,16)(H,17,18). The molecule has 7 heteroatoms. The summed E-state index contributed by atoms with van der Waals surface area (Å²) < 4.78 is 25.5. The van der Waals surface area contributed by atoms with Gasteiger partial charge < -0.3 is 10.4 Å². The SMILES string of the molecule is O=C(O)CCNC(=O)CCSc1ccc(F)c(F)c1. The van der Waals surface area contributed by atoms with Gasteiger partial charge in [0.05, 0.1) is 6.42 Å². The Labute approximate surface area is 113 Å². The fourth-order valence-corrected chi connectivity index (χ4v) is 2.10. The van der Waals surface area contributed by atoms with E-state index in [4.69, 9.17) is 5.11 Å². The number of thioether (sulfide) groups is 1.